The van der Waals surface area contributed by atoms with Crippen LogP contribution >= 0.6 is 0 Å². The molecule has 0 saturated carbocycles. The number of halogens is 1. The van der Waals surface area contributed by atoms with Crippen molar-refractivity contribution in [3.63, 3.8) is 0 Å². The van der Waals surface area contributed by atoms with Gasteiger partial charge < -0.3 is 20.9 Å². The lowest BCUT2D eigenvalue weighted by molar-refractivity contribution is -0.121. The maximum atomic E-state index is 13.5. The van der Waals surface area contributed by atoms with Crippen LogP contribution in [-0.4, -0.2) is 42.5 Å². The molecular weight excluding hydrogens is 345 g/mol. The quantitative estimate of drug-likeness (QED) is 0.402. The average Bonchev–Trinajstić information content (AvgIpc) is 3.03. The standard InChI is InChI=1S/C20H30FN5O/c1-4-14(3)26-19(27)9-11-24-20(22-5-2)23-10-8-15-13-25-18-7-6-16(21)12-17(15)18/h6-7,12-14,25H,4-5,8-11H2,1-3H3,(H,26,27)(H2,22,23,24). The van der Waals surface area contributed by atoms with Gasteiger partial charge in [-0.1, -0.05) is 6.92 Å². The molecule has 27 heavy (non-hydrogen) atoms. The van der Waals surface area contributed by atoms with E-state index in [0.29, 0.717) is 25.5 Å². The normalized spacial score (nSPS) is 12.8. The molecule has 2 rings (SSSR count). The number of guanidine groups is 1. The molecular formula is C20H30FN5O. The first-order valence-corrected chi connectivity index (χ1v) is 9.60. The van der Waals surface area contributed by atoms with Crippen LogP contribution in [-0.2, 0) is 11.2 Å². The lowest BCUT2D eigenvalue weighted by Gasteiger charge is -2.12. The Morgan fingerprint density at radius 2 is 2.11 bits per heavy atom. The summed E-state index contributed by atoms with van der Waals surface area (Å²) in [7, 11) is 0. The van der Waals surface area contributed by atoms with Gasteiger partial charge in [0.25, 0.3) is 0 Å². The fourth-order valence-electron chi connectivity index (χ4n) is 2.73. The molecule has 0 aliphatic rings. The number of amides is 1. The summed E-state index contributed by atoms with van der Waals surface area (Å²) in [6, 6.07) is 4.94. The van der Waals surface area contributed by atoms with Gasteiger partial charge in [-0.2, -0.15) is 0 Å². The molecule has 0 spiro atoms. The lowest BCUT2D eigenvalue weighted by Crippen LogP contribution is -2.38. The largest absolute Gasteiger partial charge is 0.361 e. The Bertz CT molecular complexity index is 771. The van der Waals surface area contributed by atoms with Crippen molar-refractivity contribution < 1.29 is 9.18 Å². The van der Waals surface area contributed by atoms with Crippen LogP contribution in [0.1, 0.15) is 39.2 Å². The molecule has 1 atom stereocenters. The predicted molar refractivity (Wildman–Crippen MR) is 108 cm³/mol. The number of hydrogen-bond donors (Lipinski definition) is 4. The number of carbonyl (C=O) groups is 1. The van der Waals surface area contributed by atoms with Gasteiger partial charge in [-0.3, -0.25) is 9.79 Å². The minimum Gasteiger partial charge on any atom is -0.361 e. The molecule has 0 saturated heterocycles. The number of aromatic amines is 1. The summed E-state index contributed by atoms with van der Waals surface area (Å²) in [5.74, 6) is 0.464. The molecule has 1 unspecified atom stereocenters. The summed E-state index contributed by atoms with van der Waals surface area (Å²) in [5, 5.41) is 10.3. The predicted octanol–water partition coefficient (Wildman–Crippen LogP) is 2.71. The van der Waals surface area contributed by atoms with Crippen molar-refractivity contribution >= 4 is 22.8 Å². The summed E-state index contributed by atoms with van der Waals surface area (Å²) in [5.41, 5.74) is 1.99. The van der Waals surface area contributed by atoms with Crippen molar-refractivity contribution in [2.75, 3.05) is 19.6 Å². The van der Waals surface area contributed by atoms with E-state index in [1.807, 2.05) is 27.0 Å². The Kier molecular flexibility index (Phi) is 8.10. The summed E-state index contributed by atoms with van der Waals surface area (Å²) in [6.45, 7) is 7.85. The number of aliphatic imine (C=N–C) groups is 1. The molecule has 2 aromatic rings. The van der Waals surface area contributed by atoms with E-state index < -0.39 is 0 Å². The van der Waals surface area contributed by atoms with Crippen LogP contribution in [0.3, 0.4) is 0 Å². The van der Waals surface area contributed by atoms with Crippen LogP contribution in [0.4, 0.5) is 4.39 Å². The van der Waals surface area contributed by atoms with Crippen LogP contribution in [0.5, 0.6) is 0 Å². The van der Waals surface area contributed by atoms with Crippen LogP contribution < -0.4 is 16.0 Å². The SMILES string of the molecule is CCNC(=NCCC(=O)NC(C)CC)NCCc1c[nH]c2ccc(F)cc12. The molecule has 1 aromatic carbocycles. The molecule has 7 heteroatoms. The molecule has 0 fully saturated rings. The first-order chi connectivity index (χ1) is 13.0. The van der Waals surface area contributed by atoms with Crippen molar-refractivity contribution in [2.45, 2.75) is 46.1 Å². The van der Waals surface area contributed by atoms with Crippen molar-refractivity contribution in [1.29, 1.82) is 0 Å². The van der Waals surface area contributed by atoms with Crippen LogP contribution in [0.25, 0.3) is 10.9 Å². The van der Waals surface area contributed by atoms with Gasteiger partial charge in [-0.15, -0.1) is 0 Å². The zero-order valence-electron chi connectivity index (χ0n) is 16.4. The number of nitrogens with one attached hydrogen (secondary N) is 4. The van der Waals surface area contributed by atoms with Gasteiger partial charge in [-0.25, -0.2) is 4.39 Å². The molecule has 148 valence electrons. The highest BCUT2D eigenvalue weighted by Gasteiger charge is 2.07. The monoisotopic (exact) mass is 375 g/mol. The third-order valence-electron chi connectivity index (χ3n) is 4.39. The summed E-state index contributed by atoms with van der Waals surface area (Å²) >= 11 is 0. The third-order valence-corrected chi connectivity index (χ3v) is 4.39. The van der Waals surface area contributed by atoms with E-state index in [0.717, 1.165) is 35.9 Å². The molecule has 1 amide bonds. The van der Waals surface area contributed by atoms with Gasteiger partial charge in [0.1, 0.15) is 5.82 Å². The van der Waals surface area contributed by atoms with Gasteiger partial charge in [0.2, 0.25) is 5.91 Å². The van der Waals surface area contributed by atoms with Gasteiger partial charge in [-0.05, 0) is 50.5 Å². The van der Waals surface area contributed by atoms with Crippen LogP contribution in [0, 0.1) is 5.82 Å². The van der Waals surface area contributed by atoms with Crippen molar-refractivity contribution in [1.82, 2.24) is 20.9 Å². The number of nitrogens with zero attached hydrogens (tertiary/aromatic N) is 1. The Morgan fingerprint density at radius 3 is 2.85 bits per heavy atom. The Balaban J connectivity index is 1.84. The van der Waals surface area contributed by atoms with E-state index in [1.54, 1.807) is 12.1 Å². The second kappa shape index (κ2) is 10.5. The van der Waals surface area contributed by atoms with E-state index in [9.17, 15) is 9.18 Å². The molecule has 0 bridgehead atoms. The first-order valence-electron chi connectivity index (χ1n) is 9.60. The zero-order valence-corrected chi connectivity index (χ0v) is 16.4. The van der Waals surface area contributed by atoms with Gasteiger partial charge in [0.05, 0.1) is 6.54 Å². The molecule has 6 nitrogen and oxygen atoms in total. The van der Waals surface area contributed by atoms with Crippen molar-refractivity contribution in [3.8, 4) is 0 Å². The van der Waals surface area contributed by atoms with E-state index in [4.69, 9.17) is 0 Å². The van der Waals surface area contributed by atoms with Crippen molar-refractivity contribution in [2.24, 2.45) is 4.99 Å². The van der Waals surface area contributed by atoms with Gasteiger partial charge >= 0.3 is 0 Å². The number of benzene rings is 1. The smallest absolute Gasteiger partial charge is 0.222 e. The van der Waals surface area contributed by atoms with Crippen LogP contribution in [0.15, 0.2) is 29.4 Å². The Labute approximate surface area is 160 Å². The number of fused-ring (bicyclic) bond motifs is 1. The number of rotatable bonds is 9. The Morgan fingerprint density at radius 1 is 1.30 bits per heavy atom. The van der Waals surface area contributed by atoms with Crippen LogP contribution in [0.2, 0.25) is 0 Å². The fraction of sp³-hybridized carbons (Fsp3) is 0.500. The first kappa shape index (κ1) is 20.7. The summed E-state index contributed by atoms with van der Waals surface area (Å²) in [4.78, 5) is 19.4. The molecule has 0 aliphatic heterocycles. The molecule has 1 aromatic heterocycles. The maximum absolute atomic E-state index is 13.5. The van der Waals surface area contributed by atoms with Crippen molar-refractivity contribution in [3.05, 3.63) is 35.8 Å². The van der Waals surface area contributed by atoms with E-state index in [-0.39, 0.29) is 17.8 Å². The number of aromatic nitrogens is 1. The fourth-order valence-corrected chi connectivity index (χ4v) is 2.73. The highest BCUT2D eigenvalue weighted by Crippen LogP contribution is 2.19. The Hall–Kier alpha value is -2.57. The molecule has 4 N–H and O–H groups in total. The number of hydrogen-bond acceptors (Lipinski definition) is 2. The van der Waals surface area contributed by atoms with E-state index >= 15 is 0 Å². The summed E-state index contributed by atoms with van der Waals surface area (Å²) < 4.78 is 13.5. The maximum Gasteiger partial charge on any atom is 0.222 e. The highest BCUT2D eigenvalue weighted by molar-refractivity contribution is 5.83. The second-order valence-corrected chi connectivity index (χ2v) is 6.57. The van der Waals surface area contributed by atoms with Gasteiger partial charge in [0.15, 0.2) is 5.96 Å². The van der Waals surface area contributed by atoms with E-state index in [2.05, 4.69) is 25.9 Å². The molecule has 0 radical (unpaired) electrons. The zero-order chi connectivity index (χ0) is 19.6. The van der Waals surface area contributed by atoms with Gasteiger partial charge in [0, 0.05) is 42.7 Å². The third kappa shape index (κ3) is 6.58. The average molecular weight is 375 g/mol. The minimum atomic E-state index is -0.234. The minimum absolute atomic E-state index is 0.0183. The summed E-state index contributed by atoms with van der Waals surface area (Å²) in [6.07, 6.45) is 3.93. The lowest BCUT2D eigenvalue weighted by atomic mass is 10.1. The molecule has 1 heterocycles. The van der Waals surface area contributed by atoms with E-state index in [1.165, 1.54) is 6.07 Å². The second-order valence-electron chi connectivity index (χ2n) is 6.57. The number of carbonyl (C=O) groups excluding carboxylic acids is 1. The highest BCUT2D eigenvalue weighted by atomic mass is 19.1. The topological polar surface area (TPSA) is 81.3 Å². The molecule has 0 aliphatic carbocycles. The number of H-pyrrole nitrogens is 1.